The number of amides is 2. The van der Waals surface area contributed by atoms with Gasteiger partial charge in [0.15, 0.2) is 5.69 Å². The number of aryl methyl sites for hydroxylation is 1. The largest absolute Gasteiger partial charge is 0.338 e. The van der Waals surface area contributed by atoms with Gasteiger partial charge in [0.2, 0.25) is 0 Å². The van der Waals surface area contributed by atoms with E-state index in [2.05, 4.69) is 10.2 Å². The van der Waals surface area contributed by atoms with Crippen LogP contribution in [0.3, 0.4) is 0 Å². The van der Waals surface area contributed by atoms with Gasteiger partial charge in [0.25, 0.3) is 11.8 Å². The number of para-hydroxylation sites is 1. The van der Waals surface area contributed by atoms with Crippen molar-refractivity contribution in [1.29, 1.82) is 0 Å². The number of nitrogens with zero attached hydrogens (tertiary/aromatic N) is 5. The Morgan fingerprint density at radius 1 is 1.17 bits per heavy atom. The second-order valence-electron chi connectivity index (χ2n) is 8.10. The SMILES string of the molecule is CCN1CCCn2nc(C3CCN(C(=O)c4n[nH]c5ccccc45)CC3)cc2C1=O. The summed E-state index contributed by atoms with van der Waals surface area (Å²) in [6.07, 6.45) is 2.62. The molecule has 4 heterocycles. The minimum Gasteiger partial charge on any atom is -0.338 e. The van der Waals surface area contributed by atoms with E-state index < -0.39 is 0 Å². The molecule has 3 aromatic rings. The van der Waals surface area contributed by atoms with E-state index in [-0.39, 0.29) is 17.7 Å². The summed E-state index contributed by atoms with van der Waals surface area (Å²) in [4.78, 5) is 29.5. The quantitative estimate of drug-likeness (QED) is 0.724. The lowest BCUT2D eigenvalue weighted by Gasteiger charge is -2.30. The number of piperidine rings is 1. The maximum Gasteiger partial charge on any atom is 0.274 e. The highest BCUT2D eigenvalue weighted by Gasteiger charge is 2.30. The molecule has 30 heavy (non-hydrogen) atoms. The van der Waals surface area contributed by atoms with E-state index in [1.807, 2.05) is 51.7 Å². The molecule has 0 unspecified atom stereocenters. The molecule has 8 nitrogen and oxygen atoms in total. The van der Waals surface area contributed by atoms with Crippen molar-refractivity contribution in [3.63, 3.8) is 0 Å². The summed E-state index contributed by atoms with van der Waals surface area (Å²) < 4.78 is 1.88. The van der Waals surface area contributed by atoms with Crippen LogP contribution in [0, 0.1) is 0 Å². The van der Waals surface area contributed by atoms with E-state index in [1.54, 1.807) is 0 Å². The molecule has 8 heteroatoms. The third-order valence-corrected chi connectivity index (χ3v) is 6.36. The Morgan fingerprint density at radius 2 is 1.97 bits per heavy atom. The normalized spacial score (nSPS) is 18.0. The van der Waals surface area contributed by atoms with Crippen LogP contribution in [0.1, 0.15) is 58.8 Å². The van der Waals surface area contributed by atoms with Crippen LogP contribution in [-0.2, 0) is 6.54 Å². The molecule has 0 saturated carbocycles. The number of aromatic nitrogens is 4. The molecule has 1 fully saturated rings. The molecular weight excluding hydrogens is 380 g/mol. The van der Waals surface area contributed by atoms with Gasteiger partial charge in [-0.3, -0.25) is 19.4 Å². The highest BCUT2D eigenvalue weighted by atomic mass is 16.2. The van der Waals surface area contributed by atoms with Crippen molar-refractivity contribution in [2.24, 2.45) is 0 Å². The number of H-pyrrole nitrogens is 1. The Kier molecular flexibility index (Phi) is 4.77. The van der Waals surface area contributed by atoms with Crippen LogP contribution in [0.4, 0.5) is 0 Å². The summed E-state index contributed by atoms with van der Waals surface area (Å²) in [5.74, 6) is 0.319. The van der Waals surface area contributed by atoms with Gasteiger partial charge < -0.3 is 9.80 Å². The Morgan fingerprint density at radius 3 is 2.77 bits per heavy atom. The molecule has 0 atom stereocenters. The smallest absolute Gasteiger partial charge is 0.274 e. The Bertz CT molecular complexity index is 1090. The van der Waals surface area contributed by atoms with Crippen molar-refractivity contribution < 1.29 is 9.59 Å². The van der Waals surface area contributed by atoms with Gasteiger partial charge in [-0.1, -0.05) is 18.2 Å². The van der Waals surface area contributed by atoms with Crippen LogP contribution in [0.2, 0.25) is 0 Å². The van der Waals surface area contributed by atoms with Crippen LogP contribution in [0.15, 0.2) is 30.3 Å². The van der Waals surface area contributed by atoms with Gasteiger partial charge >= 0.3 is 0 Å². The number of carbonyl (C=O) groups excluding carboxylic acids is 2. The maximum absolute atomic E-state index is 13.0. The molecule has 1 saturated heterocycles. The monoisotopic (exact) mass is 406 g/mol. The number of fused-ring (bicyclic) bond motifs is 2. The second-order valence-corrected chi connectivity index (χ2v) is 8.10. The number of benzene rings is 1. The topological polar surface area (TPSA) is 87.1 Å². The Hall–Kier alpha value is -3.16. The summed E-state index contributed by atoms with van der Waals surface area (Å²) in [5, 5.41) is 12.8. The van der Waals surface area contributed by atoms with E-state index in [1.165, 1.54) is 0 Å². The molecule has 0 spiro atoms. The molecule has 5 rings (SSSR count). The first-order valence-electron chi connectivity index (χ1n) is 10.7. The fraction of sp³-hybridized carbons (Fsp3) is 0.455. The van der Waals surface area contributed by atoms with Crippen molar-refractivity contribution in [1.82, 2.24) is 29.8 Å². The zero-order chi connectivity index (χ0) is 20.7. The molecular formula is C22H26N6O2. The molecule has 2 aromatic heterocycles. The summed E-state index contributed by atoms with van der Waals surface area (Å²) in [7, 11) is 0. The van der Waals surface area contributed by atoms with Gasteiger partial charge in [-0.05, 0) is 38.3 Å². The van der Waals surface area contributed by atoms with Crippen molar-refractivity contribution in [3.05, 3.63) is 47.4 Å². The number of likely N-dealkylation sites (tertiary alicyclic amines) is 1. The summed E-state index contributed by atoms with van der Waals surface area (Å²) >= 11 is 0. The highest BCUT2D eigenvalue weighted by molar-refractivity contribution is 6.04. The van der Waals surface area contributed by atoms with E-state index >= 15 is 0 Å². The van der Waals surface area contributed by atoms with Crippen LogP contribution in [-0.4, -0.2) is 67.8 Å². The van der Waals surface area contributed by atoms with Crippen LogP contribution in [0.5, 0.6) is 0 Å². The van der Waals surface area contributed by atoms with E-state index in [0.29, 0.717) is 24.5 Å². The maximum atomic E-state index is 13.0. The minimum absolute atomic E-state index is 0.0275. The Labute approximate surface area is 174 Å². The van der Waals surface area contributed by atoms with Gasteiger partial charge in [-0.15, -0.1) is 0 Å². The van der Waals surface area contributed by atoms with Gasteiger partial charge in [-0.25, -0.2) is 0 Å². The molecule has 2 aliphatic rings. The number of carbonyl (C=O) groups is 2. The molecule has 0 bridgehead atoms. The lowest BCUT2D eigenvalue weighted by atomic mass is 9.93. The zero-order valence-corrected chi connectivity index (χ0v) is 17.2. The third kappa shape index (κ3) is 3.16. The van der Waals surface area contributed by atoms with Gasteiger partial charge in [0.05, 0.1) is 11.2 Å². The van der Waals surface area contributed by atoms with Crippen LogP contribution < -0.4 is 0 Å². The number of hydrogen-bond donors (Lipinski definition) is 1. The van der Waals surface area contributed by atoms with E-state index in [0.717, 1.165) is 55.5 Å². The molecule has 2 amide bonds. The number of nitrogens with one attached hydrogen (secondary N) is 1. The molecule has 1 aromatic carbocycles. The first-order valence-corrected chi connectivity index (χ1v) is 10.7. The van der Waals surface area contributed by atoms with Crippen molar-refractivity contribution in [2.75, 3.05) is 26.2 Å². The molecule has 0 radical (unpaired) electrons. The fourth-order valence-corrected chi connectivity index (χ4v) is 4.61. The minimum atomic E-state index is -0.0275. The van der Waals surface area contributed by atoms with Gasteiger partial charge in [-0.2, -0.15) is 10.2 Å². The predicted molar refractivity (Wildman–Crippen MR) is 112 cm³/mol. The van der Waals surface area contributed by atoms with Crippen LogP contribution >= 0.6 is 0 Å². The van der Waals surface area contributed by atoms with Crippen molar-refractivity contribution in [2.45, 2.75) is 38.6 Å². The second kappa shape index (κ2) is 7.59. The third-order valence-electron chi connectivity index (χ3n) is 6.36. The summed E-state index contributed by atoms with van der Waals surface area (Å²) in [6.45, 7) is 5.64. The standard InChI is InChI=1S/C22H26N6O2/c1-2-26-10-5-11-28-19(21(26)29)14-18(25-28)15-8-12-27(13-9-15)22(30)20-16-6-3-4-7-17(16)23-24-20/h3-4,6-7,14-15H,2,5,8-13H2,1H3,(H,23,24). The van der Waals surface area contributed by atoms with E-state index in [4.69, 9.17) is 5.10 Å². The van der Waals surface area contributed by atoms with Crippen LogP contribution in [0.25, 0.3) is 10.9 Å². The average molecular weight is 406 g/mol. The summed E-state index contributed by atoms with van der Waals surface area (Å²) in [6, 6.07) is 9.67. The molecule has 2 aliphatic heterocycles. The molecule has 0 aliphatic carbocycles. The average Bonchev–Trinajstić information content (AvgIpc) is 3.37. The Balaban J connectivity index is 1.29. The number of rotatable bonds is 3. The first-order chi connectivity index (χ1) is 14.7. The molecule has 156 valence electrons. The number of hydrogen-bond acceptors (Lipinski definition) is 4. The van der Waals surface area contributed by atoms with Gasteiger partial charge in [0.1, 0.15) is 5.69 Å². The van der Waals surface area contributed by atoms with Crippen molar-refractivity contribution in [3.8, 4) is 0 Å². The van der Waals surface area contributed by atoms with E-state index in [9.17, 15) is 9.59 Å². The predicted octanol–water partition coefficient (Wildman–Crippen LogP) is 2.65. The zero-order valence-electron chi connectivity index (χ0n) is 17.2. The molecule has 1 N–H and O–H groups in total. The summed E-state index contributed by atoms with van der Waals surface area (Å²) in [5.41, 5.74) is 3.04. The van der Waals surface area contributed by atoms with Crippen molar-refractivity contribution >= 4 is 22.7 Å². The lowest BCUT2D eigenvalue weighted by molar-refractivity contribution is 0.0707. The van der Waals surface area contributed by atoms with Gasteiger partial charge in [0, 0.05) is 44.0 Å². The fourth-order valence-electron chi connectivity index (χ4n) is 4.61. The highest BCUT2D eigenvalue weighted by Crippen LogP contribution is 2.30. The first kappa shape index (κ1) is 18.8. The number of aromatic amines is 1. The lowest BCUT2D eigenvalue weighted by Crippen LogP contribution is -2.38.